The molecule has 0 spiro atoms. The summed E-state index contributed by atoms with van der Waals surface area (Å²) in [7, 11) is 0. The normalized spacial score (nSPS) is 14.8. The van der Waals surface area contributed by atoms with E-state index in [-0.39, 0.29) is 17.6 Å². The van der Waals surface area contributed by atoms with Gasteiger partial charge in [0, 0.05) is 17.2 Å². The van der Waals surface area contributed by atoms with Crippen LogP contribution in [0.1, 0.15) is 49.4 Å². The Balaban J connectivity index is 1.61. The van der Waals surface area contributed by atoms with Crippen LogP contribution in [-0.4, -0.2) is 16.7 Å². The highest BCUT2D eigenvalue weighted by atomic mass is 16.2. The van der Waals surface area contributed by atoms with Crippen molar-refractivity contribution in [1.29, 1.82) is 0 Å². The standard InChI is InChI=1S/C20H23N3O2/c1-14(24)16-8-5-9-17(12-16)22-19-11-10-18(13-21-19)23-20(25)15-6-3-2-4-7-15/h5,8-13,15H,2-4,6-7H2,1H3,(H,21,22)(H,23,25). The molecule has 3 rings (SSSR count). The highest BCUT2D eigenvalue weighted by Crippen LogP contribution is 2.25. The number of pyridine rings is 1. The third kappa shape index (κ3) is 4.66. The Bertz CT molecular complexity index is 750. The van der Waals surface area contributed by atoms with Crippen LogP contribution in [0.4, 0.5) is 17.2 Å². The van der Waals surface area contributed by atoms with Gasteiger partial charge in [0.05, 0.1) is 11.9 Å². The van der Waals surface area contributed by atoms with Crippen molar-refractivity contribution in [1.82, 2.24) is 4.98 Å². The van der Waals surface area contributed by atoms with Gasteiger partial charge in [-0.25, -0.2) is 4.98 Å². The maximum Gasteiger partial charge on any atom is 0.227 e. The van der Waals surface area contributed by atoms with E-state index < -0.39 is 0 Å². The van der Waals surface area contributed by atoms with Gasteiger partial charge in [-0.05, 0) is 44.0 Å². The largest absolute Gasteiger partial charge is 0.340 e. The molecule has 5 nitrogen and oxygen atoms in total. The number of aromatic nitrogens is 1. The van der Waals surface area contributed by atoms with E-state index in [0.717, 1.165) is 31.4 Å². The van der Waals surface area contributed by atoms with Crippen LogP contribution in [0, 0.1) is 5.92 Å². The van der Waals surface area contributed by atoms with Gasteiger partial charge in [0.2, 0.25) is 5.91 Å². The van der Waals surface area contributed by atoms with Crippen LogP contribution in [0.2, 0.25) is 0 Å². The molecule has 1 saturated carbocycles. The SMILES string of the molecule is CC(=O)c1cccc(Nc2ccc(NC(=O)C3CCCCC3)cn2)c1. The smallest absolute Gasteiger partial charge is 0.227 e. The number of ketones is 1. The molecular weight excluding hydrogens is 314 g/mol. The quantitative estimate of drug-likeness (QED) is 0.785. The lowest BCUT2D eigenvalue weighted by molar-refractivity contribution is -0.120. The zero-order valence-corrected chi connectivity index (χ0v) is 14.4. The topological polar surface area (TPSA) is 71.1 Å². The van der Waals surface area contributed by atoms with Gasteiger partial charge in [0.1, 0.15) is 5.82 Å². The van der Waals surface area contributed by atoms with Crippen LogP contribution in [0.5, 0.6) is 0 Å². The number of amides is 1. The molecule has 0 bridgehead atoms. The molecule has 1 aliphatic rings. The first-order valence-electron chi connectivity index (χ1n) is 8.77. The molecule has 0 atom stereocenters. The average Bonchev–Trinajstić information content (AvgIpc) is 2.64. The van der Waals surface area contributed by atoms with Gasteiger partial charge in [-0.15, -0.1) is 0 Å². The molecule has 1 aliphatic carbocycles. The van der Waals surface area contributed by atoms with Crippen molar-refractivity contribution in [2.75, 3.05) is 10.6 Å². The second kappa shape index (κ2) is 7.92. The van der Waals surface area contributed by atoms with Crippen molar-refractivity contribution in [3.63, 3.8) is 0 Å². The lowest BCUT2D eigenvalue weighted by atomic mass is 9.88. The maximum absolute atomic E-state index is 12.3. The van der Waals surface area contributed by atoms with Crippen LogP contribution >= 0.6 is 0 Å². The second-order valence-electron chi connectivity index (χ2n) is 6.52. The molecule has 5 heteroatoms. The number of rotatable bonds is 5. The summed E-state index contributed by atoms with van der Waals surface area (Å²) < 4.78 is 0. The number of benzene rings is 1. The number of anilines is 3. The Morgan fingerprint density at radius 2 is 1.84 bits per heavy atom. The Labute approximate surface area is 147 Å². The predicted molar refractivity (Wildman–Crippen MR) is 99.2 cm³/mol. The van der Waals surface area contributed by atoms with E-state index in [4.69, 9.17) is 0 Å². The number of carbonyl (C=O) groups is 2. The molecule has 0 unspecified atom stereocenters. The van der Waals surface area contributed by atoms with E-state index in [2.05, 4.69) is 15.6 Å². The summed E-state index contributed by atoms with van der Waals surface area (Å²) >= 11 is 0. The summed E-state index contributed by atoms with van der Waals surface area (Å²) in [5.74, 6) is 0.908. The van der Waals surface area contributed by atoms with Crippen LogP contribution in [0.3, 0.4) is 0 Å². The lowest BCUT2D eigenvalue weighted by Gasteiger charge is -2.20. The number of nitrogens with zero attached hydrogens (tertiary/aromatic N) is 1. The van der Waals surface area contributed by atoms with Gasteiger partial charge in [0.25, 0.3) is 0 Å². The Morgan fingerprint density at radius 3 is 2.52 bits per heavy atom. The zero-order chi connectivity index (χ0) is 17.6. The van der Waals surface area contributed by atoms with Crippen LogP contribution in [-0.2, 0) is 4.79 Å². The van der Waals surface area contributed by atoms with E-state index >= 15 is 0 Å². The van der Waals surface area contributed by atoms with Crippen molar-refractivity contribution in [2.24, 2.45) is 5.92 Å². The molecule has 130 valence electrons. The Kier molecular flexibility index (Phi) is 5.43. The number of carbonyl (C=O) groups excluding carboxylic acids is 2. The van der Waals surface area contributed by atoms with Gasteiger partial charge in [-0.2, -0.15) is 0 Å². The van der Waals surface area contributed by atoms with Gasteiger partial charge in [-0.3, -0.25) is 9.59 Å². The Morgan fingerprint density at radius 1 is 1.04 bits per heavy atom. The number of hydrogen-bond donors (Lipinski definition) is 2. The van der Waals surface area contributed by atoms with Crippen LogP contribution < -0.4 is 10.6 Å². The molecule has 25 heavy (non-hydrogen) atoms. The van der Waals surface area contributed by atoms with Gasteiger partial charge in [-0.1, -0.05) is 31.4 Å². The molecule has 0 saturated heterocycles. The summed E-state index contributed by atoms with van der Waals surface area (Å²) in [6.45, 7) is 1.54. The summed E-state index contributed by atoms with van der Waals surface area (Å²) in [6.07, 6.45) is 7.11. The molecule has 0 aliphatic heterocycles. The number of hydrogen-bond acceptors (Lipinski definition) is 4. The molecular formula is C20H23N3O2. The summed E-state index contributed by atoms with van der Waals surface area (Å²) in [6, 6.07) is 10.9. The number of nitrogens with one attached hydrogen (secondary N) is 2. The Hall–Kier alpha value is -2.69. The third-order valence-electron chi connectivity index (χ3n) is 4.55. The average molecular weight is 337 g/mol. The van der Waals surface area contributed by atoms with Crippen LogP contribution in [0.25, 0.3) is 0 Å². The molecule has 0 radical (unpaired) electrons. The molecule has 1 heterocycles. The zero-order valence-electron chi connectivity index (χ0n) is 14.4. The summed E-state index contributed by atoms with van der Waals surface area (Å²) in [4.78, 5) is 28.0. The predicted octanol–water partition coefficient (Wildman–Crippen LogP) is 4.55. The lowest BCUT2D eigenvalue weighted by Crippen LogP contribution is -2.24. The van der Waals surface area contributed by atoms with Crippen molar-refractivity contribution in [3.05, 3.63) is 48.2 Å². The van der Waals surface area contributed by atoms with E-state index in [1.165, 1.54) is 6.42 Å². The highest BCUT2D eigenvalue weighted by molar-refractivity contribution is 5.95. The minimum absolute atomic E-state index is 0.0254. The van der Waals surface area contributed by atoms with E-state index in [0.29, 0.717) is 17.1 Å². The molecule has 2 aromatic rings. The van der Waals surface area contributed by atoms with E-state index in [9.17, 15) is 9.59 Å². The van der Waals surface area contributed by atoms with Gasteiger partial charge < -0.3 is 10.6 Å². The first-order valence-corrected chi connectivity index (χ1v) is 8.77. The minimum Gasteiger partial charge on any atom is -0.340 e. The van der Waals surface area contributed by atoms with E-state index in [1.54, 1.807) is 25.3 Å². The minimum atomic E-state index is 0.0254. The van der Waals surface area contributed by atoms with Gasteiger partial charge in [0.15, 0.2) is 5.78 Å². The van der Waals surface area contributed by atoms with Crippen LogP contribution in [0.15, 0.2) is 42.6 Å². The first-order chi connectivity index (χ1) is 12.1. The highest BCUT2D eigenvalue weighted by Gasteiger charge is 2.21. The van der Waals surface area contributed by atoms with Gasteiger partial charge >= 0.3 is 0 Å². The maximum atomic E-state index is 12.3. The third-order valence-corrected chi connectivity index (χ3v) is 4.55. The molecule has 1 fully saturated rings. The van der Waals surface area contributed by atoms with Crippen molar-refractivity contribution >= 4 is 28.9 Å². The fourth-order valence-electron chi connectivity index (χ4n) is 3.11. The molecule has 1 aromatic heterocycles. The summed E-state index contributed by atoms with van der Waals surface area (Å²) in [5, 5.41) is 6.12. The van der Waals surface area contributed by atoms with Crippen molar-refractivity contribution in [2.45, 2.75) is 39.0 Å². The fraction of sp³-hybridized carbons (Fsp3) is 0.350. The van der Waals surface area contributed by atoms with Crippen molar-refractivity contribution in [3.8, 4) is 0 Å². The number of Topliss-reactive ketones (excluding diaryl/α,β-unsaturated/α-hetero) is 1. The monoisotopic (exact) mass is 337 g/mol. The fourth-order valence-corrected chi connectivity index (χ4v) is 3.11. The van der Waals surface area contributed by atoms with E-state index in [1.807, 2.05) is 24.3 Å². The molecule has 2 N–H and O–H groups in total. The molecule has 1 aromatic carbocycles. The second-order valence-corrected chi connectivity index (χ2v) is 6.52. The first kappa shape index (κ1) is 17.1. The molecule has 1 amide bonds. The van der Waals surface area contributed by atoms with Crippen molar-refractivity contribution < 1.29 is 9.59 Å². The summed E-state index contributed by atoms with van der Waals surface area (Å²) in [5.41, 5.74) is 2.17.